The maximum Gasteiger partial charge on any atom is 0.269 e. The molecule has 0 aliphatic carbocycles. The average molecular weight is 410 g/mol. The molecule has 1 aromatic carbocycles. The smallest absolute Gasteiger partial charge is 0.269 e. The van der Waals surface area contributed by atoms with E-state index in [-0.39, 0.29) is 42.5 Å². The highest BCUT2D eigenvalue weighted by atomic mass is 32.2. The van der Waals surface area contributed by atoms with Crippen LogP contribution in [0.25, 0.3) is 0 Å². The fourth-order valence-corrected chi connectivity index (χ4v) is 4.12. The van der Waals surface area contributed by atoms with E-state index in [0.717, 1.165) is 18.2 Å². The van der Waals surface area contributed by atoms with Gasteiger partial charge in [-0.15, -0.1) is 0 Å². The van der Waals surface area contributed by atoms with Gasteiger partial charge in [0, 0.05) is 30.9 Å². The Labute approximate surface area is 159 Å². The second-order valence-corrected chi connectivity index (χ2v) is 7.90. The number of aromatic nitrogens is 1. The van der Waals surface area contributed by atoms with Crippen LogP contribution in [0.15, 0.2) is 35.4 Å². The van der Waals surface area contributed by atoms with E-state index in [1.54, 1.807) is 6.07 Å². The number of nitrogens with one attached hydrogen (secondary N) is 2. The van der Waals surface area contributed by atoms with E-state index >= 15 is 0 Å². The van der Waals surface area contributed by atoms with Gasteiger partial charge in [0.2, 0.25) is 10.0 Å². The number of nitriles is 1. The summed E-state index contributed by atoms with van der Waals surface area (Å²) in [6, 6.07) is 4.11. The zero-order valence-corrected chi connectivity index (χ0v) is 15.3. The van der Waals surface area contributed by atoms with E-state index in [1.807, 2.05) is 0 Å². The number of ether oxygens (including phenoxy) is 1. The number of amides is 1. The van der Waals surface area contributed by atoms with Gasteiger partial charge in [-0.1, -0.05) is 6.07 Å². The third kappa shape index (κ3) is 4.04. The Morgan fingerprint density at radius 3 is 2.64 bits per heavy atom. The molecule has 0 radical (unpaired) electrons. The summed E-state index contributed by atoms with van der Waals surface area (Å²) in [7, 11) is -3.80. The first kappa shape index (κ1) is 19.9. The van der Waals surface area contributed by atoms with Gasteiger partial charge in [-0.2, -0.15) is 9.57 Å². The molecule has 0 spiro atoms. The molecule has 8 nitrogen and oxygen atoms in total. The lowest BCUT2D eigenvalue weighted by Crippen LogP contribution is -2.40. The van der Waals surface area contributed by atoms with Crippen LogP contribution in [0.1, 0.15) is 22.1 Å². The molecule has 1 unspecified atom stereocenters. The number of H-pyrrole nitrogens is 1. The Bertz CT molecular complexity index is 1030. The first-order valence-corrected chi connectivity index (χ1v) is 9.68. The van der Waals surface area contributed by atoms with E-state index < -0.39 is 33.6 Å². The molecule has 3 rings (SSSR count). The van der Waals surface area contributed by atoms with E-state index in [9.17, 15) is 27.3 Å². The van der Waals surface area contributed by atoms with Crippen LogP contribution < -0.4 is 5.32 Å². The van der Waals surface area contributed by atoms with Gasteiger partial charge in [0.15, 0.2) is 0 Å². The SMILES string of the molecule is N#CC(NC(=O)c1cc(S(=O)(=O)N2CCOCC2)c[nH]1)c1ccc(F)cc1F. The predicted molar refractivity (Wildman–Crippen MR) is 92.5 cm³/mol. The monoisotopic (exact) mass is 410 g/mol. The third-order valence-corrected chi connectivity index (χ3v) is 6.06. The first-order chi connectivity index (χ1) is 13.3. The molecule has 1 aliphatic heterocycles. The van der Waals surface area contributed by atoms with Gasteiger partial charge >= 0.3 is 0 Å². The van der Waals surface area contributed by atoms with Gasteiger partial charge in [0.25, 0.3) is 5.91 Å². The summed E-state index contributed by atoms with van der Waals surface area (Å²) in [5.41, 5.74) is -0.320. The molecular formula is C17H16F2N4O4S. The highest BCUT2D eigenvalue weighted by Crippen LogP contribution is 2.20. The maximum atomic E-state index is 13.9. The molecule has 2 heterocycles. The van der Waals surface area contributed by atoms with Gasteiger partial charge in [-0.05, 0) is 12.1 Å². The number of carbonyl (C=O) groups is 1. The van der Waals surface area contributed by atoms with Gasteiger partial charge in [0.1, 0.15) is 28.3 Å². The third-order valence-electron chi connectivity index (χ3n) is 4.19. The van der Waals surface area contributed by atoms with Crippen molar-refractivity contribution in [3.63, 3.8) is 0 Å². The molecule has 0 bridgehead atoms. The number of nitrogens with zero attached hydrogens (tertiary/aromatic N) is 2. The predicted octanol–water partition coefficient (Wildman–Crippen LogP) is 1.31. The Morgan fingerprint density at radius 1 is 1.29 bits per heavy atom. The van der Waals surface area contributed by atoms with Crippen molar-refractivity contribution in [2.45, 2.75) is 10.9 Å². The number of carbonyl (C=O) groups excluding carboxylic acids is 1. The number of benzene rings is 1. The summed E-state index contributed by atoms with van der Waals surface area (Å²) in [4.78, 5) is 14.8. The van der Waals surface area contributed by atoms with Gasteiger partial charge in [-0.3, -0.25) is 4.79 Å². The van der Waals surface area contributed by atoms with Crippen LogP contribution in [0.5, 0.6) is 0 Å². The summed E-state index contributed by atoms with van der Waals surface area (Å²) in [6.45, 7) is 0.971. The second-order valence-electron chi connectivity index (χ2n) is 5.97. The fraction of sp³-hybridized carbons (Fsp3) is 0.294. The van der Waals surface area contributed by atoms with Gasteiger partial charge < -0.3 is 15.0 Å². The largest absolute Gasteiger partial charge is 0.379 e. The molecule has 1 amide bonds. The summed E-state index contributed by atoms with van der Waals surface area (Å²) in [5.74, 6) is -2.60. The average Bonchev–Trinajstić information content (AvgIpc) is 3.18. The minimum absolute atomic E-state index is 0.110. The number of hydrogen-bond acceptors (Lipinski definition) is 5. The van der Waals surface area contributed by atoms with Crippen LogP contribution in [0.3, 0.4) is 0 Å². The maximum absolute atomic E-state index is 13.9. The van der Waals surface area contributed by atoms with Gasteiger partial charge in [0.05, 0.1) is 19.3 Å². The zero-order chi connectivity index (χ0) is 20.3. The molecule has 1 saturated heterocycles. The highest BCUT2D eigenvalue weighted by Gasteiger charge is 2.28. The lowest BCUT2D eigenvalue weighted by molar-refractivity contribution is 0.0730. The molecule has 1 fully saturated rings. The number of hydrogen-bond donors (Lipinski definition) is 2. The van der Waals surface area contributed by atoms with Crippen molar-refractivity contribution in [2.24, 2.45) is 0 Å². The summed E-state index contributed by atoms with van der Waals surface area (Å²) < 4.78 is 58.4. The Hall–Kier alpha value is -2.81. The summed E-state index contributed by atoms with van der Waals surface area (Å²) in [6.07, 6.45) is 1.17. The quantitative estimate of drug-likeness (QED) is 0.771. The van der Waals surface area contributed by atoms with Crippen molar-refractivity contribution in [3.05, 3.63) is 53.4 Å². The lowest BCUT2D eigenvalue weighted by atomic mass is 10.1. The molecule has 11 heteroatoms. The van der Waals surface area contributed by atoms with E-state index in [0.29, 0.717) is 6.07 Å². The van der Waals surface area contributed by atoms with Gasteiger partial charge in [-0.25, -0.2) is 17.2 Å². The van der Waals surface area contributed by atoms with Crippen molar-refractivity contribution < 1.29 is 26.7 Å². The van der Waals surface area contributed by atoms with E-state index in [1.165, 1.54) is 10.5 Å². The number of rotatable bonds is 5. The van der Waals surface area contributed by atoms with Crippen molar-refractivity contribution >= 4 is 15.9 Å². The number of sulfonamides is 1. The standard InChI is InChI=1S/C17H16F2N4O4S/c18-11-1-2-13(14(19)7-11)16(9-20)22-17(24)15-8-12(10-21-15)28(25,26)23-3-5-27-6-4-23/h1-2,7-8,10,16,21H,3-6H2,(H,22,24). The zero-order valence-electron chi connectivity index (χ0n) is 14.5. The first-order valence-electron chi connectivity index (χ1n) is 8.24. The topological polar surface area (TPSA) is 115 Å². The van der Waals surface area contributed by atoms with Crippen LogP contribution in [-0.4, -0.2) is 49.9 Å². The minimum Gasteiger partial charge on any atom is -0.379 e. The Balaban J connectivity index is 1.77. The van der Waals surface area contributed by atoms with E-state index in [4.69, 9.17) is 4.74 Å². The lowest BCUT2D eigenvalue weighted by Gasteiger charge is -2.25. The van der Waals surface area contributed by atoms with Crippen LogP contribution in [0.4, 0.5) is 8.78 Å². The second kappa shape index (κ2) is 8.05. The number of morpholine rings is 1. The van der Waals surface area contributed by atoms with Crippen molar-refractivity contribution in [1.82, 2.24) is 14.6 Å². The highest BCUT2D eigenvalue weighted by molar-refractivity contribution is 7.89. The number of aromatic amines is 1. The van der Waals surface area contributed by atoms with Crippen LogP contribution in [0, 0.1) is 23.0 Å². The van der Waals surface area contributed by atoms with Crippen molar-refractivity contribution in [1.29, 1.82) is 5.26 Å². The molecule has 1 aliphatic rings. The van der Waals surface area contributed by atoms with Crippen molar-refractivity contribution in [2.75, 3.05) is 26.3 Å². The molecule has 2 aromatic rings. The normalized spacial score (nSPS) is 16.3. The molecule has 1 aromatic heterocycles. The molecule has 148 valence electrons. The fourth-order valence-electron chi connectivity index (χ4n) is 2.71. The van der Waals surface area contributed by atoms with Crippen LogP contribution in [0.2, 0.25) is 0 Å². The van der Waals surface area contributed by atoms with Crippen molar-refractivity contribution in [3.8, 4) is 6.07 Å². The molecule has 1 atom stereocenters. The number of halogens is 2. The Kier molecular flexibility index (Phi) is 5.73. The molecule has 28 heavy (non-hydrogen) atoms. The minimum atomic E-state index is -3.80. The van der Waals surface area contributed by atoms with Crippen LogP contribution >= 0.6 is 0 Å². The molecule has 2 N–H and O–H groups in total. The summed E-state index contributed by atoms with van der Waals surface area (Å²) >= 11 is 0. The Morgan fingerprint density at radius 2 is 2.00 bits per heavy atom. The molecule has 0 saturated carbocycles. The van der Waals surface area contributed by atoms with Crippen LogP contribution in [-0.2, 0) is 14.8 Å². The van der Waals surface area contributed by atoms with E-state index in [2.05, 4.69) is 10.3 Å². The molecular weight excluding hydrogens is 394 g/mol. The summed E-state index contributed by atoms with van der Waals surface area (Å²) in [5, 5.41) is 11.5.